The van der Waals surface area contributed by atoms with Crippen molar-refractivity contribution in [2.45, 2.75) is 31.2 Å². The summed E-state index contributed by atoms with van der Waals surface area (Å²) in [6, 6.07) is 2.14. The second-order valence-corrected chi connectivity index (χ2v) is 7.64. The van der Waals surface area contributed by atoms with Gasteiger partial charge in [-0.2, -0.15) is 13.2 Å². The van der Waals surface area contributed by atoms with Gasteiger partial charge >= 0.3 is 12.1 Å². The molecule has 162 valence electrons. The molecule has 3 aromatic rings. The number of ether oxygens (including phenoxy) is 1. The standard InChI is InChI=1S/C19H17F3N6O3/c20-19(21,22)13-4-15(23)24-5-12(13)16-25-17(27-7-10-1-2-11(8-27)31-10)14-3-9(18(29)30)6-28(14)26-16/h3-6,10-11H,1-2,7-8H2,(H2,23,24)(H,29,30). The molecule has 2 unspecified atom stereocenters. The number of nitrogens with two attached hydrogens (primary N) is 1. The Bertz CT molecular complexity index is 1180. The first-order valence-electron chi connectivity index (χ1n) is 9.56. The van der Waals surface area contributed by atoms with Gasteiger partial charge in [-0.1, -0.05) is 0 Å². The predicted molar refractivity (Wildman–Crippen MR) is 103 cm³/mol. The number of rotatable bonds is 3. The lowest BCUT2D eigenvalue weighted by molar-refractivity contribution is -0.137. The number of hydrogen-bond donors (Lipinski definition) is 2. The van der Waals surface area contributed by atoms with Crippen LogP contribution in [0.1, 0.15) is 28.8 Å². The minimum atomic E-state index is -4.70. The van der Waals surface area contributed by atoms with Crippen molar-refractivity contribution in [3.63, 3.8) is 0 Å². The van der Waals surface area contributed by atoms with Crippen LogP contribution in [0.5, 0.6) is 0 Å². The maximum absolute atomic E-state index is 13.7. The molecule has 2 atom stereocenters. The average Bonchev–Trinajstić information content (AvgIpc) is 3.29. The third-order valence-corrected chi connectivity index (χ3v) is 5.51. The molecule has 0 aliphatic carbocycles. The molecule has 12 heteroatoms. The van der Waals surface area contributed by atoms with Crippen molar-refractivity contribution in [1.29, 1.82) is 0 Å². The summed E-state index contributed by atoms with van der Waals surface area (Å²) in [5.74, 6) is -1.34. The maximum Gasteiger partial charge on any atom is 0.417 e. The molecule has 0 amide bonds. The number of alkyl halides is 3. The Balaban J connectivity index is 1.71. The van der Waals surface area contributed by atoms with Gasteiger partial charge in [0.1, 0.15) is 11.3 Å². The fourth-order valence-corrected chi connectivity index (χ4v) is 4.12. The predicted octanol–water partition coefficient (Wildman–Crippen LogP) is 2.46. The van der Waals surface area contributed by atoms with Gasteiger partial charge in [0.05, 0.1) is 28.9 Å². The minimum absolute atomic E-state index is 0.00459. The van der Waals surface area contributed by atoms with Crippen LogP contribution < -0.4 is 10.6 Å². The molecule has 5 heterocycles. The number of fused-ring (bicyclic) bond motifs is 3. The van der Waals surface area contributed by atoms with Crippen molar-refractivity contribution in [2.75, 3.05) is 23.7 Å². The summed E-state index contributed by atoms with van der Waals surface area (Å²) in [6.07, 6.45) is -0.711. The Morgan fingerprint density at radius 3 is 2.58 bits per heavy atom. The van der Waals surface area contributed by atoms with Gasteiger partial charge in [0.2, 0.25) is 0 Å². The number of carboxylic acid groups (broad SMARTS) is 1. The van der Waals surface area contributed by atoms with E-state index in [9.17, 15) is 23.1 Å². The number of halogens is 3. The van der Waals surface area contributed by atoms with Crippen molar-refractivity contribution in [3.8, 4) is 11.4 Å². The minimum Gasteiger partial charge on any atom is -0.478 e. The second-order valence-electron chi connectivity index (χ2n) is 7.64. The van der Waals surface area contributed by atoms with E-state index in [0.29, 0.717) is 24.4 Å². The van der Waals surface area contributed by atoms with Crippen LogP contribution in [0.25, 0.3) is 16.9 Å². The highest BCUT2D eigenvalue weighted by Crippen LogP contribution is 2.38. The first-order chi connectivity index (χ1) is 14.7. The number of morpholine rings is 1. The fraction of sp³-hybridized carbons (Fsp3) is 0.368. The molecule has 2 bridgehead atoms. The summed E-state index contributed by atoms with van der Waals surface area (Å²) in [5.41, 5.74) is 4.45. The zero-order valence-electron chi connectivity index (χ0n) is 16.0. The zero-order valence-corrected chi connectivity index (χ0v) is 16.0. The largest absolute Gasteiger partial charge is 0.478 e. The van der Waals surface area contributed by atoms with Gasteiger partial charge in [-0.25, -0.2) is 19.3 Å². The Hall–Kier alpha value is -3.41. The Morgan fingerprint density at radius 1 is 1.23 bits per heavy atom. The van der Waals surface area contributed by atoms with Gasteiger partial charge < -0.3 is 20.5 Å². The van der Waals surface area contributed by atoms with E-state index >= 15 is 0 Å². The monoisotopic (exact) mass is 434 g/mol. The third kappa shape index (κ3) is 3.42. The summed E-state index contributed by atoms with van der Waals surface area (Å²) in [4.78, 5) is 21.6. The Morgan fingerprint density at radius 2 is 1.94 bits per heavy atom. The molecule has 0 spiro atoms. The smallest absolute Gasteiger partial charge is 0.417 e. The number of hydrogen-bond acceptors (Lipinski definition) is 7. The highest BCUT2D eigenvalue weighted by Gasteiger charge is 2.37. The summed E-state index contributed by atoms with van der Waals surface area (Å²) >= 11 is 0. The summed E-state index contributed by atoms with van der Waals surface area (Å²) in [6.45, 7) is 1.00. The van der Waals surface area contributed by atoms with Crippen LogP contribution in [-0.4, -0.2) is 56.0 Å². The molecule has 2 fully saturated rings. The van der Waals surface area contributed by atoms with E-state index in [0.717, 1.165) is 25.1 Å². The van der Waals surface area contributed by atoms with Gasteiger partial charge in [0.15, 0.2) is 11.6 Å². The zero-order chi connectivity index (χ0) is 21.9. The van der Waals surface area contributed by atoms with E-state index in [1.54, 1.807) is 0 Å². The second kappa shape index (κ2) is 6.80. The Kier molecular flexibility index (Phi) is 4.29. The third-order valence-electron chi connectivity index (χ3n) is 5.51. The van der Waals surface area contributed by atoms with E-state index in [-0.39, 0.29) is 35.0 Å². The number of carboxylic acids is 1. The van der Waals surface area contributed by atoms with Crippen LogP contribution >= 0.6 is 0 Å². The van der Waals surface area contributed by atoms with Crippen molar-refractivity contribution in [3.05, 3.63) is 35.7 Å². The molecule has 3 N–H and O–H groups in total. The molecule has 0 aromatic carbocycles. The molecular weight excluding hydrogens is 417 g/mol. The van der Waals surface area contributed by atoms with Crippen LogP contribution in [0.4, 0.5) is 24.8 Å². The van der Waals surface area contributed by atoms with E-state index in [2.05, 4.69) is 15.1 Å². The van der Waals surface area contributed by atoms with Crippen LogP contribution in [0.15, 0.2) is 24.5 Å². The molecule has 31 heavy (non-hydrogen) atoms. The van der Waals surface area contributed by atoms with Gasteiger partial charge in [-0.3, -0.25) is 0 Å². The molecule has 2 aliphatic heterocycles. The quantitative estimate of drug-likeness (QED) is 0.645. The van der Waals surface area contributed by atoms with Crippen LogP contribution in [-0.2, 0) is 10.9 Å². The van der Waals surface area contributed by atoms with Gasteiger partial charge in [-0.05, 0) is 25.0 Å². The molecule has 0 saturated carbocycles. The highest BCUT2D eigenvalue weighted by atomic mass is 19.4. The molecule has 9 nitrogen and oxygen atoms in total. The molecule has 5 rings (SSSR count). The average molecular weight is 434 g/mol. The van der Waals surface area contributed by atoms with E-state index < -0.39 is 17.7 Å². The number of carbonyl (C=O) groups is 1. The first-order valence-corrected chi connectivity index (χ1v) is 9.56. The summed E-state index contributed by atoms with van der Waals surface area (Å²) < 4.78 is 48.0. The number of aromatic nitrogens is 4. The highest BCUT2D eigenvalue weighted by molar-refractivity contribution is 5.91. The number of pyridine rings is 1. The van der Waals surface area contributed by atoms with Gasteiger partial charge in [-0.15, -0.1) is 5.10 Å². The van der Waals surface area contributed by atoms with Gasteiger partial charge in [0, 0.05) is 25.5 Å². The number of nitrogens with zero attached hydrogens (tertiary/aromatic N) is 5. The Labute approximate surface area is 173 Å². The summed E-state index contributed by atoms with van der Waals surface area (Å²) in [7, 11) is 0. The lowest BCUT2D eigenvalue weighted by Crippen LogP contribution is -2.43. The molecular formula is C19H17F3N6O3. The first kappa shape index (κ1) is 19.5. The lowest BCUT2D eigenvalue weighted by Gasteiger charge is -2.33. The van der Waals surface area contributed by atoms with Gasteiger partial charge in [0.25, 0.3) is 0 Å². The normalized spacial score (nSPS) is 21.1. The number of aromatic carboxylic acids is 1. The van der Waals surface area contributed by atoms with Crippen LogP contribution in [0.2, 0.25) is 0 Å². The number of nitrogen functional groups attached to an aromatic ring is 1. The van der Waals surface area contributed by atoms with Crippen molar-refractivity contribution < 1.29 is 27.8 Å². The van der Waals surface area contributed by atoms with E-state index in [4.69, 9.17) is 10.5 Å². The lowest BCUT2D eigenvalue weighted by atomic mass is 10.1. The molecule has 2 aliphatic rings. The fourth-order valence-electron chi connectivity index (χ4n) is 4.12. The maximum atomic E-state index is 13.7. The van der Waals surface area contributed by atoms with Crippen LogP contribution in [0, 0.1) is 0 Å². The van der Waals surface area contributed by atoms with Crippen molar-refractivity contribution in [1.82, 2.24) is 19.6 Å². The number of anilines is 2. The SMILES string of the molecule is Nc1cc(C(F)(F)F)c(-c2nc(N3CC4CCC(C3)O4)c3cc(C(=O)O)cn3n2)cn1. The summed E-state index contributed by atoms with van der Waals surface area (Å²) in [5, 5.41) is 13.5. The van der Waals surface area contributed by atoms with E-state index in [1.165, 1.54) is 16.8 Å². The topological polar surface area (TPSA) is 119 Å². The van der Waals surface area contributed by atoms with Crippen molar-refractivity contribution >= 4 is 23.1 Å². The van der Waals surface area contributed by atoms with Crippen LogP contribution in [0.3, 0.4) is 0 Å². The molecule has 3 aromatic heterocycles. The molecule has 2 saturated heterocycles. The van der Waals surface area contributed by atoms with E-state index in [1.807, 2.05) is 4.90 Å². The molecule has 0 radical (unpaired) electrons. The van der Waals surface area contributed by atoms with Crippen molar-refractivity contribution in [2.24, 2.45) is 0 Å².